The maximum Gasteiger partial charge on any atom is 0.157 e. The van der Waals surface area contributed by atoms with Gasteiger partial charge in [-0.3, -0.25) is 0 Å². The van der Waals surface area contributed by atoms with Crippen LogP contribution in [0.3, 0.4) is 0 Å². The summed E-state index contributed by atoms with van der Waals surface area (Å²) in [5.41, 5.74) is 3.56. The second kappa shape index (κ2) is 22.1. The van der Waals surface area contributed by atoms with Crippen LogP contribution in [0.25, 0.3) is 10.2 Å². The molecule has 1 saturated heterocycles. The van der Waals surface area contributed by atoms with Gasteiger partial charge in [-0.05, 0) is 80.5 Å². The Morgan fingerprint density at radius 1 is 0.953 bits per heavy atom. The lowest BCUT2D eigenvalue weighted by atomic mass is 10.0. The van der Waals surface area contributed by atoms with Gasteiger partial charge in [-0.2, -0.15) is 0 Å². The molecule has 2 unspecified atom stereocenters. The van der Waals surface area contributed by atoms with Crippen LogP contribution in [0.1, 0.15) is 89.4 Å². The molecule has 43 heavy (non-hydrogen) atoms. The predicted molar refractivity (Wildman–Crippen MR) is 186 cm³/mol. The van der Waals surface area contributed by atoms with Crippen molar-refractivity contribution in [1.29, 1.82) is 0 Å². The third kappa shape index (κ3) is 13.4. The molecule has 0 spiro atoms. The van der Waals surface area contributed by atoms with Crippen LogP contribution in [0, 0.1) is 6.92 Å². The highest BCUT2D eigenvalue weighted by molar-refractivity contribution is 7.97. The number of hydrogen-bond acceptors (Lipinski definition) is 7. The van der Waals surface area contributed by atoms with Crippen LogP contribution >= 0.6 is 23.3 Å². The molecular formula is C36H52N2O3S2. The number of ether oxygens (including phenoxy) is 3. The molecule has 0 amide bonds. The van der Waals surface area contributed by atoms with Crippen LogP contribution in [-0.2, 0) is 15.9 Å². The van der Waals surface area contributed by atoms with E-state index in [0.29, 0.717) is 13.2 Å². The van der Waals surface area contributed by atoms with Gasteiger partial charge in [0.2, 0.25) is 0 Å². The molecule has 1 aliphatic heterocycles. The van der Waals surface area contributed by atoms with Gasteiger partial charge in [-0.1, -0.05) is 96.0 Å². The van der Waals surface area contributed by atoms with Crippen LogP contribution in [0.5, 0.6) is 5.75 Å². The van der Waals surface area contributed by atoms with Crippen molar-refractivity contribution >= 4 is 33.5 Å². The Labute approximate surface area is 268 Å². The Kier molecular flexibility index (Phi) is 18.9. The summed E-state index contributed by atoms with van der Waals surface area (Å²) in [7, 11) is 0. The average molecular weight is 625 g/mol. The molecule has 1 N–H and O–H groups in total. The van der Waals surface area contributed by atoms with Crippen molar-refractivity contribution in [2.24, 2.45) is 0 Å². The lowest BCUT2D eigenvalue weighted by molar-refractivity contribution is -0.165. The number of aromatic nitrogens is 1. The highest BCUT2D eigenvalue weighted by Gasteiger charge is 2.18. The summed E-state index contributed by atoms with van der Waals surface area (Å²) in [6.07, 6.45) is 5.29. The zero-order valence-corrected chi connectivity index (χ0v) is 28.9. The summed E-state index contributed by atoms with van der Waals surface area (Å²) in [6.45, 7) is 16.2. The highest BCUT2D eigenvalue weighted by Crippen LogP contribution is 2.33. The second-order valence-electron chi connectivity index (χ2n) is 9.68. The van der Waals surface area contributed by atoms with Crippen LogP contribution in [-0.4, -0.2) is 31.1 Å². The summed E-state index contributed by atoms with van der Waals surface area (Å²) in [4.78, 5) is 6.17. The molecule has 5 rings (SSSR count). The van der Waals surface area contributed by atoms with Gasteiger partial charge in [0.25, 0.3) is 0 Å². The first-order chi connectivity index (χ1) is 21.1. The first-order valence-electron chi connectivity index (χ1n) is 15.9. The van der Waals surface area contributed by atoms with Crippen LogP contribution in [0.15, 0.2) is 77.7 Å². The van der Waals surface area contributed by atoms with E-state index in [1.165, 1.54) is 28.9 Å². The molecule has 1 aliphatic rings. The van der Waals surface area contributed by atoms with Crippen molar-refractivity contribution in [2.75, 3.05) is 19.8 Å². The lowest BCUT2D eigenvalue weighted by Crippen LogP contribution is -2.24. The fourth-order valence-electron chi connectivity index (χ4n) is 4.23. The van der Waals surface area contributed by atoms with Crippen LogP contribution in [0.4, 0.5) is 0 Å². The van der Waals surface area contributed by atoms with Crippen LogP contribution in [0.2, 0.25) is 0 Å². The smallest absolute Gasteiger partial charge is 0.157 e. The van der Waals surface area contributed by atoms with Crippen LogP contribution < -0.4 is 9.46 Å². The average Bonchev–Trinajstić information content (AvgIpc) is 3.48. The molecular weight excluding hydrogens is 573 g/mol. The molecule has 7 heteroatoms. The quantitative estimate of drug-likeness (QED) is 0.132. The lowest BCUT2D eigenvalue weighted by Gasteiger charge is -2.22. The normalized spacial score (nSPS) is 14.7. The number of nitrogens with zero attached hydrogens (tertiary/aromatic N) is 1. The minimum Gasteiger partial charge on any atom is -0.491 e. The van der Waals surface area contributed by atoms with E-state index in [9.17, 15) is 0 Å². The summed E-state index contributed by atoms with van der Waals surface area (Å²) >= 11 is 3.37. The minimum atomic E-state index is -0.0829. The largest absolute Gasteiger partial charge is 0.491 e. The van der Waals surface area contributed by atoms with E-state index in [0.717, 1.165) is 46.8 Å². The SMILES string of the molecule is CC.CC.CCC.Cc1cccc(CC(NSc2ccccc2)c2nc3ccc(OCCOC4CCCCO4)cc3s2)c1. The molecule has 2 heterocycles. The first-order valence-corrected chi connectivity index (χ1v) is 17.6. The van der Waals surface area contributed by atoms with Crippen molar-refractivity contribution < 1.29 is 14.2 Å². The second-order valence-corrected chi connectivity index (χ2v) is 11.7. The van der Waals surface area contributed by atoms with Gasteiger partial charge in [0.1, 0.15) is 17.4 Å². The molecule has 3 aromatic carbocycles. The first kappa shape index (κ1) is 36.8. The molecule has 0 radical (unpaired) electrons. The molecule has 236 valence electrons. The van der Waals surface area contributed by atoms with Gasteiger partial charge in [-0.25, -0.2) is 9.71 Å². The van der Waals surface area contributed by atoms with E-state index in [2.05, 4.69) is 80.1 Å². The van der Waals surface area contributed by atoms with Gasteiger partial charge < -0.3 is 14.2 Å². The van der Waals surface area contributed by atoms with E-state index >= 15 is 0 Å². The zero-order valence-electron chi connectivity index (χ0n) is 27.2. The summed E-state index contributed by atoms with van der Waals surface area (Å²) in [5.74, 6) is 0.840. The Bertz CT molecular complexity index is 1260. The van der Waals surface area contributed by atoms with Gasteiger partial charge in [0.05, 0.1) is 22.9 Å². The zero-order chi connectivity index (χ0) is 31.3. The number of rotatable bonds is 11. The molecule has 2 atom stereocenters. The van der Waals surface area contributed by atoms with E-state index in [4.69, 9.17) is 19.2 Å². The molecule has 0 bridgehead atoms. The van der Waals surface area contributed by atoms with E-state index in [-0.39, 0.29) is 12.3 Å². The van der Waals surface area contributed by atoms with Crippen molar-refractivity contribution in [2.45, 2.75) is 97.8 Å². The van der Waals surface area contributed by atoms with E-state index < -0.39 is 0 Å². The Morgan fingerprint density at radius 2 is 1.72 bits per heavy atom. The maximum absolute atomic E-state index is 5.97. The fourth-order valence-corrected chi connectivity index (χ4v) is 6.11. The van der Waals surface area contributed by atoms with Crippen molar-refractivity contribution in [3.63, 3.8) is 0 Å². The third-order valence-corrected chi connectivity index (χ3v) is 8.09. The number of hydrogen-bond donors (Lipinski definition) is 1. The molecule has 0 saturated carbocycles. The topological polar surface area (TPSA) is 52.6 Å². The molecule has 5 nitrogen and oxygen atoms in total. The fraction of sp³-hybridized carbons (Fsp3) is 0.472. The number of nitrogens with one attached hydrogen (secondary N) is 1. The number of thiazole rings is 1. The van der Waals surface area contributed by atoms with Gasteiger partial charge >= 0.3 is 0 Å². The highest BCUT2D eigenvalue weighted by atomic mass is 32.2. The molecule has 1 aromatic heterocycles. The number of benzene rings is 3. The predicted octanol–water partition coefficient (Wildman–Crippen LogP) is 10.6. The standard InChI is InChI=1S/C29H32N2O3S2.C3H8.2C2H6/c1-21-8-7-9-22(18-21)19-26(31-36-24-10-3-2-4-11-24)29-30-25-14-13-23(20-27(25)35-29)32-16-17-34-28-12-5-6-15-33-28;1-3-2;2*1-2/h2-4,7-11,13-14,18,20,26,28,31H,5-6,12,15-17,19H2,1H3;3H2,1-2H3;2*1-2H3. The monoisotopic (exact) mass is 624 g/mol. The number of fused-ring (bicyclic) bond motifs is 1. The van der Waals surface area contributed by atoms with E-state index in [1.807, 2.05) is 45.9 Å². The molecule has 1 fully saturated rings. The van der Waals surface area contributed by atoms with Gasteiger partial charge in [0, 0.05) is 11.5 Å². The minimum absolute atomic E-state index is 0.0829. The van der Waals surface area contributed by atoms with Crippen molar-refractivity contribution in [3.8, 4) is 5.75 Å². The Balaban J connectivity index is 0.000000853. The van der Waals surface area contributed by atoms with Crippen molar-refractivity contribution in [1.82, 2.24) is 9.71 Å². The van der Waals surface area contributed by atoms with Gasteiger partial charge in [-0.15, -0.1) is 11.3 Å². The summed E-state index contributed by atoms with van der Waals surface area (Å²) < 4.78 is 22.2. The van der Waals surface area contributed by atoms with Crippen molar-refractivity contribution in [3.05, 3.63) is 88.9 Å². The van der Waals surface area contributed by atoms with E-state index in [1.54, 1.807) is 23.3 Å². The summed E-state index contributed by atoms with van der Waals surface area (Å²) in [6, 6.07) is 25.3. The molecule has 0 aliphatic carbocycles. The summed E-state index contributed by atoms with van der Waals surface area (Å²) in [5, 5.41) is 1.07. The Morgan fingerprint density at radius 3 is 2.42 bits per heavy atom. The Hall–Kier alpha value is -2.42. The molecule has 4 aromatic rings. The van der Waals surface area contributed by atoms with Gasteiger partial charge in [0.15, 0.2) is 6.29 Å². The third-order valence-electron chi connectivity index (χ3n) is 6.05. The maximum atomic E-state index is 5.97. The number of aryl methyl sites for hydroxylation is 1.